The Labute approximate surface area is 135 Å². The monoisotopic (exact) mass is 317 g/mol. The van der Waals surface area contributed by atoms with Crippen molar-refractivity contribution in [2.24, 2.45) is 0 Å². The van der Waals surface area contributed by atoms with E-state index in [1.54, 1.807) is 19.1 Å². The smallest absolute Gasteiger partial charge is 0.228 e. The first-order valence-corrected chi connectivity index (χ1v) is 7.75. The molecule has 0 saturated heterocycles. The van der Waals surface area contributed by atoms with Crippen LogP contribution in [0.3, 0.4) is 0 Å². The van der Waals surface area contributed by atoms with Gasteiger partial charge in [0.1, 0.15) is 0 Å². The van der Waals surface area contributed by atoms with E-state index in [0.717, 1.165) is 0 Å². The molecule has 0 aliphatic rings. The van der Waals surface area contributed by atoms with Crippen LogP contribution in [-0.2, 0) is 16.8 Å². The fraction of sp³-hybridized carbons (Fsp3) is 0.471. The molecule has 1 amide bonds. The van der Waals surface area contributed by atoms with E-state index in [1.165, 1.54) is 0 Å². The third-order valence-electron chi connectivity index (χ3n) is 3.56. The summed E-state index contributed by atoms with van der Waals surface area (Å²) in [7, 11) is 0. The lowest BCUT2D eigenvalue weighted by molar-refractivity contribution is -0.125. The van der Waals surface area contributed by atoms with Crippen molar-refractivity contribution < 1.29 is 14.4 Å². The van der Waals surface area contributed by atoms with Gasteiger partial charge in [-0.25, -0.2) is 0 Å². The molecule has 1 unspecified atom stereocenters. The van der Waals surface area contributed by atoms with Gasteiger partial charge in [-0.05, 0) is 12.5 Å². The molecule has 0 bridgehead atoms. The molecule has 1 aromatic heterocycles. The molecular weight excluding hydrogens is 294 g/mol. The largest absolute Gasteiger partial charge is 0.385 e. The van der Waals surface area contributed by atoms with Crippen LogP contribution in [0, 0.1) is 0 Å². The zero-order valence-corrected chi connectivity index (χ0v) is 13.7. The van der Waals surface area contributed by atoms with Crippen LogP contribution in [-0.4, -0.2) is 27.7 Å². The molecule has 1 aromatic carbocycles. The fourth-order valence-corrected chi connectivity index (χ4v) is 2.19. The molecule has 0 spiro atoms. The van der Waals surface area contributed by atoms with Gasteiger partial charge in [-0.15, -0.1) is 0 Å². The standard InChI is InChI=1S/C17H23N3O3/c1-12(2)16-19-15(23-20-16)9-10-18-14(21)11-17(3,22)13-7-5-4-6-8-13/h4-8,12,22H,9-11H2,1-3H3,(H,18,21). The number of rotatable bonds is 7. The summed E-state index contributed by atoms with van der Waals surface area (Å²) < 4.78 is 5.12. The highest BCUT2D eigenvalue weighted by Crippen LogP contribution is 2.23. The zero-order chi connectivity index (χ0) is 16.9. The predicted octanol–water partition coefficient (Wildman–Crippen LogP) is 2.15. The Morgan fingerprint density at radius 2 is 2.04 bits per heavy atom. The number of benzene rings is 1. The van der Waals surface area contributed by atoms with Crippen LogP contribution in [0.4, 0.5) is 0 Å². The van der Waals surface area contributed by atoms with Gasteiger partial charge < -0.3 is 14.9 Å². The van der Waals surface area contributed by atoms with Crippen molar-refractivity contribution in [2.75, 3.05) is 6.54 Å². The summed E-state index contributed by atoms with van der Waals surface area (Å²) in [4.78, 5) is 16.2. The molecule has 6 nitrogen and oxygen atoms in total. The summed E-state index contributed by atoms with van der Waals surface area (Å²) in [5.41, 5.74) is -0.477. The van der Waals surface area contributed by atoms with Gasteiger partial charge in [-0.2, -0.15) is 4.98 Å². The molecule has 124 valence electrons. The molecule has 6 heteroatoms. The van der Waals surface area contributed by atoms with Crippen LogP contribution in [0.1, 0.15) is 50.4 Å². The molecule has 0 radical (unpaired) electrons. The molecule has 2 rings (SSSR count). The van der Waals surface area contributed by atoms with E-state index in [4.69, 9.17) is 4.52 Å². The Kier molecular flexibility index (Phi) is 5.50. The summed E-state index contributed by atoms with van der Waals surface area (Å²) >= 11 is 0. The Morgan fingerprint density at radius 1 is 1.35 bits per heavy atom. The van der Waals surface area contributed by atoms with Crippen LogP contribution >= 0.6 is 0 Å². The second kappa shape index (κ2) is 7.37. The molecular formula is C17H23N3O3. The zero-order valence-electron chi connectivity index (χ0n) is 13.7. The Hall–Kier alpha value is -2.21. The summed E-state index contributed by atoms with van der Waals surface area (Å²) in [5, 5.41) is 17.1. The number of aliphatic hydroxyl groups is 1. The molecule has 23 heavy (non-hydrogen) atoms. The van der Waals surface area contributed by atoms with Gasteiger partial charge in [-0.1, -0.05) is 49.3 Å². The van der Waals surface area contributed by atoms with Gasteiger partial charge in [-0.3, -0.25) is 4.79 Å². The molecule has 0 saturated carbocycles. The summed E-state index contributed by atoms with van der Waals surface area (Å²) in [6.07, 6.45) is 0.469. The van der Waals surface area contributed by atoms with E-state index in [0.29, 0.717) is 30.2 Å². The maximum Gasteiger partial charge on any atom is 0.228 e. The fourth-order valence-electron chi connectivity index (χ4n) is 2.19. The number of aromatic nitrogens is 2. The van der Waals surface area contributed by atoms with Crippen LogP contribution < -0.4 is 5.32 Å². The number of hydrogen-bond acceptors (Lipinski definition) is 5. The lowest BCUT2D eigenvalue weighted by atomic mass is 9.92. The molecule has 0 aliphatic carbocycles. The second-order valence-corrected chi connectivity index (χ2v) is 6.12. The third kappa shape index (κ3) is 4.89. The quantitative estimate of drug-likeness (QED) is 0.817. The van der Waals surface area contributed by atoms with E-state index in [9.17, 15) is 9.90 Å². The first kappa shape index (κ1) is 17.1. The highest BCUT2D eigenvalue weighted by atomic mass is 16.5. The van der Waals surface area contributed by atoms with E-state index in [1.807, 2.05) is 32.0 Å². The van der Waals surface area contributed by atoms with Crippen molar-refractivity contribution in [1.29, 1.82) is 0 Å². The topological polar surface area (TPSA) is 88.2 Å². The number of nitrogens with zero attached hydrogens (tertiary/aromatic N) is 2. The molecule has 2 aromatic rings. The highest BCUT2D eigenvalue weighted by Gasteiger charge is 2.26. The number of nitrogens with one attached hydrogen (secondary N) is 1. The predicted molar refractivity (Wildman–Crippen MR) is 85.7 cm³/mol. The Bertz CT molecular complexity index is 636. The van der Waals surface area contributed by atoms with Gasteiger partial charge in [0.05, 0.1) is 12.0 Å². The van der Waals surface area contributed by atoms with Gasteiger partial charge >= 0.3 is 0 Å². The maximum absolute atomic E-state index is 12.0. The summed E-state index contributed by atoms with van der Waals surface area (Å²) in [5.74, 6) is 1.16. The van der Waals surface area contributed by atoms with Gasteiger partial charge in [0.25, 0.3) is 0 Å². The SMILES string of the molecule is CC(C)c1noc(CCNC(=O)CC(C)(O)c2ccccc2)n1. The Balaban J connectivity index is 1.80. The van der Waals surface area contributed by atoms with Gasteiger partial charge in [0.2, 0.25) is 11.8 Å². The van der Waals surface area contributed by atoms with E-state index in [-0.39, 0.29) is 18.2 Å². The summed E-state index contributed by atoms with van der Waals surface area (Å²) in [6.45, 7) is 6.00. The minimum Gasteiger partial charge on any atom is -0.385 e. The average molecular weight is 317 g/mol. The molecule has 0 aliphatic heterocycles. The van der Waals surface area contributed by atoms with Crippen molar-refractivity contribution in [3.8, 4) is 0 Å². The first-order valence-electron chi connectivity index (χ1n) is 7.75. The number of carbonyl (C=O) groups is 1. The van der Waals surface area contributed by atoms with Crippen LogP contribution in [0.5, 0.6) is 0 Å². The second-order valence-electron chi connectivity index (χ2n) is 6.12. The van der Waals surface area contributed by atoms with Crippen molar-refractivity contribution in [3.63, 3.8) is 0 Å². The lowest BCUT2D eigenvalue weighted by Gasteiger charge is -2.23. The third-order valence-corrected chi connectivity index (χ3v) is 3.56. The van der Waals surface area contributed by atoms with E-state index >= 15 is 0 Å². The van der Waals surface area contributed by atoms with Crippen molar-refractivity contribution >= 4 is 5.91 Å². The van der Waals surface area contributed by atoms with Crippen molar-refractivity contribution in [2.45, 2.75) is 45.1 Å². The van der Waals surface area contributed by atoms with E-state index in [2.05, 4.69) is 15.5 Å². The Morgan fingerprint density at radius 3 is 2.65 bits per heavy atom. The highest BCUT2D eigenvalue weighted by molar-refractivity contribution is 5.77. The minimum atomic E-state index is -1.19. The lowest BCUT2D eigenvalue weighted by Crippen LogP contribution is -2.33. The normalized spacial score (nSPS) is 13.8. The number of amides is 1. The molecule has 1 atom stereocenters. The van der Waals surface area contributed by atoms with Crippen LogP contribution in [0.25, 0.3) is 0 Å². The van der Waals surface area contributed by atoms with E-state index < -0.39 is 5.60 Å². The van der Waals surface area contributed by atoms with Gasteiger partial charge in [0.15, 0.2) is 5.82 Å². The molecule has 1 heterocycles. The number of carbonyl (C=O) groups excluding carboxylic acids is 1. The van der Waals surface area contributed by atoms with Crippen LogP contribution in [0.15, 0.2) is 34.9 Å². The number of hydrogen-bond donors (Lipinski definition) is 2. The molecule has 0 fully saturated rings. The van der Waals surface area contributed by atoms with Crippen LogP contribution in [0.2, 0.25) is 0 Å². The minimum absolute atomic E-state index is 0.00189. The van der Waals surface area contributed by atoms with Gasteiger partial charge in [0, 0.05) is 18.9 Å². The summed E-state index contributed by atoms with van der Waals surface area (Å²) in [6, 6.07) is 9.15. The average Bonchev–Trinajstić information content (AvgIpc) is 2.97. The molecule has 2 N–H and O–H groups in total. The first-order chi connectivity index (χ1) is 10.9. The van der Waals surface area contributed by atoms with Crippen molar-refractivity contribution in [3.05, 3.63) is 47.6 Å². The maximum atomic E-state index is 12.0. The van der Waals surface area contributed by atoms with Crippen molar-refractivity contribution in [1.82, 2.24) is 15.5 Å².